The molecule has 2 aliphatic rings. The van der Waals surface area contributed by atoms with Crippen LogP contribution in [0, 0.1) is 23.2 Å². The monoisotopic (exact) mass is 254 g/mol. The van der Waals surface area contributed by atoms with Gasteiger partial charge in [0.2, 0.25) is 0 Å². The number of Topliss-reactive ketones (excluding diaryl/α,β-unsaturated/α-hetero) is 1. The van der Waals surface area contributed by atoms with Crippen molar-refractivity contribution in [2.24, 2.45) is 23.2 Å². The molecule has 18 heavy (non-hydrogen) atoms. The number of ketones is 1. The lowest BCUT2D eigenvalue weighted by atomic mass is 9.52. The highest BCUT2D eigenvalue weighted by atomic mass is 16.3. The Bertz CT molecular complexity index is 344. The molecule has 2 rings (SSSR count). The zero-order chi connectivity index (χ0) is 13.7. The number of aliphatic hydroxyl groups is 2. The van der Waals surface area contributed by atoms with E-state index < -0.39 is 5.60 Å². The molecule has 2 saturated carbocycles. The number of aliphatic hydroxyl groups excluding tert-OH is 1. The van der Waals surface area contributed by atoms with Crippen molar-refractivity contribution in [2.45, 2.75) is 65.1 Å². The third kappa shape index (κ3) is 2.23. The fourth-order valence-corrected chi connectivity index (χ4v) is 4.42. The maximum atomic E-state index is 12.7. The lowest BCUT2D eigenvalue weighted by molar-refractivity contribution is -0.155. The summed E-state index contributed by atoms with van der Waals surface area (Å²) in [6.07, 6.45) is 2.85. The number of carbonyl (C=O) groups excluding carboxylic acids is 1. The molecule has 2 N–H and O–H groups in total. The van der Waals surface area contributed by atoms with Gasteiger partial charge >= 0.3 is 0 Å². The highest BCUT2D eigenvalue weighted by Crippen LogP contribution is 2.53. The summed E-state index contributed by atoms with van der Waals surface area (Å²) in [4.78, 5) is 12.7. The molecular weight excluding hydrogens is 228 g/mol. The Hall–Kier alpha value is -0.410. The van der Waals surface area contributed by atoms with Crippen LogP contribution in [0.15, 0.2) is 0 Å². The molecule has 0 heterocycles. The molecule has 0 aromatic carbocycles. The van der Waals surface area contributed by atoms with Crippen molar-refractivity contribution in [1.82, 2.24) is 0 Å². The molecular formula is C15H26O3. The second-order valence-corrected chi connectivity index (χ2v) is 7.35. The molecule has 0 saturated heterocycles. The summed E-state index contributed by atoms with van der Waals surface area (Å²) in [5, 5.41) is 20.1. The van der Waals surface area contributed by atoms with Crippen LogP contribution in [0.2, 0.25) is 0 Å². The highest BCUT2D eigenvalue weighted by Gasteiger charge is 2.54. The first-order valence-corrected chi connectivity index (χ1v) is 7.09. The molecule has 0 aromatic rings. The first kappa shape index (κ1) is 14.0. The predicted octanol–water partition coefficient (Wildman–Crippen LogP) is 2.15. The van der Waals surface area contributed by atoms with Gasteiger partial charge in [0.05, 0.1) is 11.7 Å². The van der Waals surface area contributed by atoms with Gasteiger partial charge in [-0.2, -0.15) is 0 Å². The van der Waals surface area contributed by atoms with Crippen molar-refractivity contribution in [3.8, 4) is 0 Å². The molecule has 104 valence electrons. The van der Waals surface area contributed by atoms with Crippen LogP contribution in [0.1, 0.15) is 53.4 Å². The van der Waals surface area contributed by atoms with Gasteiger partial charge in [0.25, 0.3) is 0 Å². The smallest absolute Gasteiger partial charge is 0.142 e. The molecule has 0 aromatic heterocycles. The molecule has 0 radical (unpaired) electrons. The van der Waals surface area contributed by atoms with Crippen molar-refractivity contribution in [3.63, 3.8) is 0 Å². The van der Waals surface area contributed by atoms with Gasteiger partial charge in [-0.05, 0) is 50.9 Å². The number of fused-ring (bicyclic) bond motifs is 1. The summed E-state index contributed by atoms with van der Waals surface area (Å²) >= 11 is 0. The second kappa shape index (κ2) is 4.31. The van der Waals surface area contributed by atoms with E-state index in [1.165, 1.54) is 0 Å². The second-order valence-electron chi connectivity index (χ2n) is 7.35. The van der Waals surface area contributed by atoms with Crippen LogP contribution in [0.4, 0.5) is 0 Å². The Morgan fingerprint density at radius 1 is 1.39 bits per heavy atom. The Morgan fingerprint density at radius 2 is 2.00 bits per heavy atom. The summed E-state index contributed by atoms with van der Waals surface area (Å²) in [5.41, 5.74) is -0.996. The standard InChI is InChI=1S/C15H26O3/c1-9-7-10(16)8-15(4)6-5-11(14(2,3)18)13(17)12(9)15/h9-12,16,18H,5-8H2,1-4H3/t9-,10+,11+,12-,15+/m1/s1. The van der Waals surface area contributed by atoms with Crippen LogP contribution in [0.3, 0.4) is 0 Å². The molecule has 0 bridgehead atoms. The minimum atomic E-state index is -0.922. The average molecular weight is 254 g/mol. The molecule has 0 amide bonds. The van der Waals surface area contributed by atoms with Gasteiger partial charge in [0, 0.05) is 11.8 Å². The van der Waals surface area contributed by atoms with Crippen molar-refractivity contribution in [2.75, 3.05) is 0 Å². The largest absolute Gasteiger partial charge is 0.393 e. The van der Waals surface area contributed by atoms with Crippen LogP contribution in [-0.4, -0.2) is 27.7 Å². The van der Waals surface area contributed by atoms with Crippen molar-refractivity contribution >= 4 is 5.78 Å². The quantitative estimate of drug-likeness (QED) is 0.754. The molecule has 5 atom stereocenters. The molecule has 2 fully saturated rings. The summed E-state index contributed by atoms with van der Waals surface area (Å²) < 4.78 is 0. The van der Waals surface area contributed by atoms with Gasteiger partial charge in [-0.1, -0.05) is 13.8 Å². The SMILES string of the molecule is C[C@@H]1C[C@H](O)C[C@]2(C)CC[C@H](C(C)(C)O)C(=O)[C@@H]12. The minimum Gasteiger partial charge on any atom is -0.393 e. The fraction of sp³-hybridized carbons (Fsp3) is 0.933. The molecule has 0 aliphatic heterocycles. The molecule has 3 heteroatoms. The molecule has 0 unspecified atom stereocenters. The van der Waals surface area contributed by atoms with Crippen molar-refractivity contribution in [3.05, 3.63) is 0 Å². The Labute approximate surface area is 110 Å². The van der Waals surface area contributed by atoms with E-state index in [0.717, 1.165) is 19.3 Å². The Morgan fingerprint density at radius 3 is 2.56 bits per heavy atom. The van der Waals surface area contributed by atoms with Gasteiger partial charge in [0.1, 0.15) is 5.78 Å². The van der Waals surface area contributed by atoms with Gasteiger partial charge in [-0.3, -0.25) is 4.79 Å². The third-order valence-corrected chi connectivity index (χ3v) is 5.17. The number of hydrogen-bond acceptors (Lipinski definition) is 3. The first-order valence-electron chi connectivity index (χ1n) is 7.09. The van der Waals surface area contributed by atoms with Gasteiger partial charge < -0.3 is 10.2 Å². The summed E-state index contributed by atoms with van der Waals surface area (Å²) in [5.74, 6) is 0.200. The first-order chi connectivity index (χ1) is 8.15. The number of hydrogen-bond donors (Lipinski definition) is 2. The summed E-state index contributed by atoms with van der Waals surface area (Å²) in [6, 6.07) is 0. The molecule has 0 spiro atoms. The van der Waals surface area contributed by atoms with Crippen LogP contribution in [-0.2, 0) is 4.79 Å². The van der Waals surface area contributed by atoms with Crippen LogP contribution in [0.5, 0.6) is 0 Å². The van der Waals surface area contributed by atoms with Gasteiger partial charge in [-0.15, -0.1) is 0 Å². The van der Waals surface area contributed by atoms with Crippen molar-refractivity contribution in [1.29, 1.82) is 0 Å². The fourth-order valence-electron chi connectivity index (χ4n) is 4.42. The summed E-state index contributed by atoms with van der Waals surface area (Å²) in [6.45, 7) is 7.67. The van der Waals surface area contributed by atoms with Crippen LogP contribution < -0.4 is 0 Å². The van der Waals surface area contributed by atoms with Crippen LogP contribution >= 0.6 is 0 Å². The topological polar surface area (TPSA) is 57.5 Å². The Balaban J connectivity index is 2.28. The van der Waals surface area contributed by atoms with Gasteiger partial charge in [0.15, 0.2) is 0 Å². The zero-order valence-corrected chi connectivity index (χ0v) is 11.9. The average Bonchev–Trinajstić information content (AvgIpc) is 2.12. The molecule has 2 aliphatic carbocycles. The van der Waals surface area contributed by atoms with E-state index in [-0.39, 0.29) is 35.1 Å². The summed E-state index contributed by atoms with van der Waals surface area (Å²) in [7, 11) is 0. The minimum absolute atomic E-state index is 0.00562. The van der Waals surface area contributed by atoms with E-state index >= 15 is 0 Å². The van der Waals surface area contributed by atoms with Gasteiger partial charge in [-0.25, -0.2) is 0 Å². The zero-order valence-electron chi connectivity index (χ0n) is 11.9. The van der Waals surface area contributed by atoms with Crippen molar-refractivity contribution < 1.29 is 15.0 Å². The van der Waals surface area contributed by atoms with E-state index in [4.69, 9.17) is 0 Å². The number of rotatable bonds is 1. The van der Waals surface area contributed by atoms with E-state index in [0.29, 0.717) is 6.42 Å². The third-order valence-electron chi connectivity index (χ3n) is 5.17. The lowest BCUT2D eigenvalue weighted by Crippen LogP contribution is -2.54. The lowest BCUT2D eigenvalue weighted by Gasteiger charge is -2.52. The van der Waals surface area contributed by atoms with Crippen LogP contribution in [0.25, 0.3) is 0 Å². The Kier molecular flexibility index (Phi) is 3.35. The number of carbonyl (C=O) groups is 1. The predicted molar refractivity (Wildman–Crippen MR) is 70.0 cm³/mol. The highest BCUT2D eigenvalue weighted by molar-refractivity contribution is 5.86. The van der Waals surface area contributed by atoms with E-state index in [9.17, 15) is 15.0 Å². The molecule has 3 nitrogen and oxygen atoms in total. The maximum Gasteiger partial charge on any atom is 0.142 e. The normalized spacial score (nSPS) is 45.8. The van der Waals surface area contributed by atoms with E-state index in [2.05, 4.69) is 13.8 Å². The van der Waals surface area contributed by atoms with E-state index in [1.807, 2.05) is 0 Å². The maximum absolute atomic E-state index is 12.7. The van der Waals surface area contributed by atoms with E-state index in [1.54, 1.807) is 13.8 Å².